The molecule has 1 aromatic heterocycles. The van der Waals surface area contributed by atoms with E-state index in [0.29, 0.717) is 17.9 Å². The van der Waals surface area contributed by atoms with Crippen LogP contribution in [-0.4, -0.2) is 28.0 Å². The van der Waals surface area contributed by atoms with Crippen molar-refractivity contribution in [3.8, 4) is 5.75 Å². The SMILES string of the molecule is COc1ccc(CN2C=Cc3nc(N[C@H]4CCCC[C@H]4C)nc(Nc4cccc(C)c4)c3C2)cc1. The van der Waals surface area contributed by atoms with E-state index in [1.165, 1.54) is 36.8 Å². The quantitative estimate of drug-likeness (QED) is 0.411. The van der Waals surface area contributed by atoms with Crippen molar-refractivity contribution in [2.45, 2.75) is 58.7 Å². The molecule has 0 radical (unpaired) electrons. The lowest BCUT2D eigenvalue weighted by Gasteiger charge is -2.31. The van der Waals surface area contributed by atoms with Crippen molar-refractivity contribution < 1.29 is 4.74 Å². The Kier molecular flexibility index (Phi) is 6.89. The Labute approximate surface area is 208 Å². The lowest BCUT2D eigenvalue weighted by Crippen LogP contribution is -2.31. The number of benzene rings is 2. The molecule has 5 rings (SSSR count). The molecule has 1 fully saturated rings. The van der Waals surface area contributed by atoms with E-state index >= 15 is 0 Å². The zero-order chi connectivity index (χ0) is 24.2. The number of hydrogen-bond donors (Lipinski definition) is 2. The average molecular weight is 470 g/mol. The van der Waals surface area contributed by atoms with Crippen LogP contribution >= 0.6 is 0 Å². The third-order valence-corrected chi connectivity index (χ3v) is 7.10. The summed E-state index contributed by atoms with van der Waals surface area (Å²) in [7, 11) is 1.69. The van der Waals surface area contributed by atoms with Crippen LogP contribution in [0.4, 0.5) is 17.5 Å². The van der Waals surface area contributed by atoms with Crippen LogP contribution in [0.15, 0.2) is 54.7 Å². The van der Waals surface area contributed by atoms with Gasteiger partial charge in [-0.3, -0.25) is 0 Å². The van der Waals surface area contributed by atoms with Gasteiger partial charge < -0.3 is 20.3 Å². The highest BCUT2D eigenvalue weighted by molar-refractivity contribution is 5.67. The lowest BCUT2D eigenvalue weighted by molar-refractivity contribution is 0.347. The van der Waals surface area contributed by atoms with Crippen molar-refractivity contribution in [2.24, 2.45) is 5.92 Å². The Bertz CT molecular complexity index is 1190. The number of ether oxygens (including phenoxy) is 1. The molecule has 6 nitrogen and oxygen atoms in total. The molecule has 0 amide bonds. The minimum absolute atomic E-state index is 0.424. The van der Waals surface area contributed by atoms with Gasteiger partial charge in [0.25, 0.3) is 0 Å². The molecule has 0 unspecified atom stereocenters. The smallest absolute Gasteiger partial charge is 0.225 e. The first-order chi connectivity index (χ1) is 17.1. The van der Waals surface area contributed by atoms with Gasteiger partial charge in [-0.05, 0) is 67.2 Å². The van der Waals surface area contributed by atoms with Crippen molar-refractivity contribution in [3.63, 3.8) is 0 Å². The van der Waals surface area contributed by atoms with E-state index in [1.807, 2.05) is 12.1 Å². The number of aromatic nitrogens is 2. The molecule has 35 heavy (non-hydrogen) atoms. The van der Waals surface area contributed by atoms with Gasteiger partial charge in [0.2, 0.25) is 5.95 Å². The molecule has 1 saturated carbocycles. The van der Waals surface area contributed by atoms with Crippen molar-refractivity contribution in [3.05, 3.63) is 77.1 Å². The zero-order valence-corrected chi connectivity index (χ0v) is 20.9. The summed E-state index contributed by atoms with van der Waals surface area (Å²) in [4.78, 5) is 12.2. The maximum Gasteiger partial charge on any atom is 0.225 e. The van der Waals surface area contributed by atoms with Crippen molar-refractivity contribution >= 4 is 23.5 Å². The standard InChI is InChI=1S/C29H35N5O/c1-20-7-6-9-23(17-20)30-28-25-19-34(18-22-11-13-24(35-3)14-12-22)16-15-27(25)32-29(33-28)31-26-10-5-4-8-21(26)2/h6-7,9,11-17,21,26H,4-5,8,10,18-19H2,1-3H3,(H2,30,31,32,33)/t21-,26+/m1/s1. The molecule has 3 aromatic rings. The third kappa shape index (κ3) is 5.59. The summed E-state index contributed by atoms with van der Waals surface area (Å²) >= 11 is 0. The minimum atomic E-state index is 0.424. The van der Waals surface area contributed by atoms with Crippen LogP contribution in [0.2, 0.25) is 0 Å². The molecule has 2 heterocycles. The normalized spacial score (nSPS) is 19.2. The number of nitrogens with one attached hydrogen (secondary N) is 2. The number of hydrogen-bond acceptors (Lipinski definition) is 6. The summed E-state index contributed by atoms with van der Waals surface area (Å²) in [5.74, 6) is 3.09. The summed E-state index contributed by atoms with van der Waals surface area (Å²) in [5.41, 5.74) is 5.59. The van der Waals surface area contributed by atoms with Crippen molar-refractivity contribution in [2.75, 3.05) is 17.7 Å². The first-order valence-corrected chi connectivity index (χ1v) is 12.6. The molecule has 2 aliphatic rings. The summed E-state index contributed by atoms with van der Waals surface area (Å²) in [5, 5.41) is 7.25. The first-order valence-electron chi connectivity index (χ1n) is 12.6. The Balaban J connectivity index is 1.42. The monoisotopic (exact) mass is 469 g/mol. The molecular formula is C29H35N5O. The molecule has 2 atom stereocenters. The van der Waals surface area contributed by atoms with E-state index in [4.69, 9.17) is 14.7 Å². The second-order valence-electron chi connectivity index (χ2n) is 9.84. The average Bonchev–Trinajstić information content (AvgIpc) is 2.86. The second kappa shape index (κ2) is 10.4. The van der Waals surface area contributed by atoms with Gasteiger partial charge in [-0.15, -0.1) is 0 Å². The van der Waals surface area contributed by atoms with Crippen molar-refractivity contribution in [1.29, 1.82) is 0 Å². The number of nitrogens with zero attached hydrogens (tertiary/aromatic N) is 3. The minimum Gasteiger partial charge on any atom is -0.497 e. The van der Waals surface area contributed by atoms with Gasteiger partial charge >= 0.3 is 0 Å². The van der Waals surface area contributed by atoms with E-state index in [1.54, 1.807) is 7.11 Å². The number of methoxy groups -OCH3 is 1. The summed E-state index contributed by atoms with van der Waals surface area (Å²) < 4.78 is 5.30. The van der Waals surface area contributed by atoms with Crippen LogP contribution < -0.4 is 15.4 Å². The highest BCUT2D eigenvalue weighted by Crippen LogP contribution is 2.31. The Morgan fingerprint density at radius 1 is 1.06 bits per heavy atom. The van der Waals surface area contributed by atoms with Gasteiger partial charge in [0.15, 0.2) is 0 Å². The Morgan fingerprint density at radius 2 is 1.89 bits per heavy atom. The van der Waals surface area contributed by atoms with E-state index in [2.05, 4.69) is 78.1 Å². The fraction of sp³-hybridized carbons (Fsp3) is 0.379. The van der Waals surface area contributed by atoms with Crippen LogP contribution in [0, 0.1) is 12.8 Å². The molecule has 0 saturated heterocycles. The lowest BCUT2D eigenvalue weighted by atomic mass is 9.86. The van der Waals surface area contributed by atoms with Crippen LogP contribution in [0.25, 0.3) is 6.08 Å². The molecule has 0 spiro atoms. The van der Waals surface area contributed by atoms with Gasteiger partial charge in [0.1, 0.15) is 11.6 Å². The Hall–Kier alpha value is -3.54. The maximum absolute atomic E-state index is 5.30. The number of aryl methyl sites for hydroxylation is 1. The number of fused-ring (bicyclic) bond motifs is 1. The third-order valence-electron chi connectivity index (χ3n) is 7.10. The fourth-order valence-electron chi connectivity index (χ4n) is 5.02. The molecule has 1 aliphatic heterocycles. The molecule has 1 aliphatic carbocycles. The zero-order valence-electron chi connectivity index (χ0n) is 20.9. The van der Waals surface area contributed by atoms with Crippen molar-refractivity contribution in [1.82, 2.24) is 14.9 Å². The van der Waals surface area contributed by atoms with E-state index in [-0.39, 0.29) is 0 Å². The molecule has 182 valence electrons. The molecule has 2 aromatic carbocycles. The van der Waals surface area contributed by atoms with Crippen LogP contribution in [-0.2, 0) is 13.1 Å². The Morgan fingerprint density at radius 3 is 2.66 bits per heavy atom. The predicted molar refractivity (Wildman–Crippen MR) is 143 cm³/mol. The van der Waals surface area contributed by atoms with Crippen LogP contribution in [0.3, 0.4) is 0 Å². The highest BCUT2D eigenvalue weighted by atomic mass is 16.5. The molecular weight excluding hydrogens is 434 g/mol. The molecule has 0 bridgehead atoms. The molecule has 6 heteroatoms. The van der Waals surface area contributed by atoms with Crippen LogP contribution in [0.5, 0.6) is 5.75 Å². The van der Waals surface area contributed by atoms with Gasteiger partial charge in [0.05, 0.1) is 12.8 Å². The van der Waals surface area contributed by atoms with Gasteiger partial charge in [-0.1, -0.05) is 44.0 Å². The molecule has 2 N–H and O–H groups in total. The summed E-state index contributed by atoms with van der Waals surface area (Å²) in [6.45, 7) is 5.99. The fourth-order valence-corrected chi connectivity index (χ4v) is 5.02. The maximum atomic E-state index is 5.30. The van der Waals surface area contributed by atoms with E-state index < -0.39 is 0 Å². The summed E-state index contributed by atoms with van der Waals surface area (Å²) in [6, 6.07) is 17.1. The van der Waals surface area contributed by atoms with Gasteiger partial charge in [0, 0.05) is 36.6 Å². The first kappa shape index (κ1) is 23.2. The number of anilines is 3. The second-order valence-corrected chi connectivity index (χ2v) is 9.84. The van der Waals surface area contributed by atoms with Gasteiger partial charge in [-0.25, -0.2) is 4.98 Å². The van der Waals surface area contributed by atoms with Gasteiger partial charge in [-0.2, -0.15) is 4.98 Å². The largest absolute Gasteiger partial charge is 0.497 e. The summed E-state index contributed by atoms with van der Waals surface area (Å²) in [6.07, 6.45) is 9.27. The predicted octanol–water partition coefficient (Wildman–Crippen LogP) is 6.51. The van der Waals surface area contributed by atoms with E-state index in [9.17, 15) is 0 Å². The van der Waals surface area contributed by atoms with E-state index in [0.717, 1.165) is 41.6 Å². The highest BCUT2D eigenvalue weighted by Gasteiger charge is 2.24. The number of rotatable bonds is 7. The van der Waals surface area contributed by atoms with Crippen LogP contribution in [0.1, 0.15) is 55.0 Å². The topological polar surface area (TPSA) is 62.3 Å².